The molecule has 1 rings (SSSR count). The zero-order chi connectivity index (χ0) is 15.1. The fraction of sp³-hybridized carbons (Fsp3) is 0.857. The van der Waals surface area contributed by atoms with Crippen molar-refractivity contribution in [2.45, 2.75) is 45.2 Å². The number of methoxy groups -OCH3 is 1. The van der Waals surface area contributed by atoms with E-state index < -0.39 is 6.04 Å². The number of nitrogens with one attached hydrogen (secondary N) is 1. The number of hydrogen-bond acceptors (Lipinski definition) is 5. The lowest BCUT2D eigenvalue weighted by atomic mass is 9.99. The average Bonchev–Trinajstić information content (AvgIpc) is 2.43. The van der Waals surface area contributed by atoms with Gasteiger partial charge >= 0.3 is 5.97 Å². The third-order valence-corrected chi connectivity index (χ3v) is 3.89. The number of likely N-dealkylation sites (tertiary alicyclic amines) is 1. The van der Waals surface area contributed by atoms with E-state index in [1.165, 1.54) is 7.11 Å². The van der Waals surface area contributed by atoms with Gasteiger partial charge in [-0.15, -0.1) is 0 Å². The molecule has 0 spiro atoms. The highest BCUT2D eigenvalue weighted by Gasteiger charge is 2.27. The smallest absolute Gasteiger partial charge is 0.328 e. The fourth-order valence-corrected chi connectivity index (χ4v) is 2.45. The lowest BCUT2D eigenvalue weighted by Gasteiger charge is -2.31. The molecule has 3 N–H and O–H groups in total. The summed E-state index contributed by atoms with van der Waals surface area (Å²) in [6, 6.07) is -0.432. The maximum absolute atomic E-state index is 12.1. The van der Waals surface area contributed by atoms with Gasteiger partial charge in [0.15, 0.2) is 0 Å². The predicted octanol–water partition coefficient (Wildman–Crippen LogP) is 0.113. The van der Waals surface area contributed by atoms with Crippen LogP contribution in [0.2, 0.25) is 0 Å². The van der Waals surface area contributed by atoms with E-state index in [2.05, 4.69) is 5.32 Å². The fourth-order valence-electron chi connectivity index (χ4n) is 2.45. The molecule has 0 aliphatic carbocycles. The van der Waals surface area contributed by atoms with E-state index in [-0.39, 0.29) is 30.4 Å². The van der Waals surface area contributed by atoms with E-state index in [0.29, 0.717) is 0 Å². The molecule has 3 atom stereocenters. The normalized spacial score (nSPS) is 22.9. The standard InChI is InChI=1S/C14H27N3O3/c1-4-10(2)13(14(19)20-3)16-12(18)9-17-7-5-6-11(15)8-17/h10-11,13H,4-9,15H2,1-3H3,(H,16,18). The maximum Gasteiger partial charge on any atom is 0.328 e. The van der Waals surface area contributed by atoms with Crippen LogP contribution in [-0.2, 0) is 14.3 Å². The molecular weight excluding hydrogens is 258 g/mol. The monoisotopic (exact) mass is 285 g/mol. The Morgan fingerprint density at radius 2 is 2.20 bits per heavy atom. The first-order valence-corrected chi connectivity index (χ1v) is 7.33. The number of amides is 1. The molecular formula is C14H27N3O3. The van der Waals surface area contributed by atoms with E-state index in [1.54, 1.807) is 0 Å². The maximum atomic E-state index is 12.1. The summed E-state index contributed by atoms with van der Waals surface area (Å²) >= 11 is 0. The van der Waals surface area contributed by atoms with Crippen molar-refractivity contribution in [2.75, 3.05) is 26.7 Å². The summed E-state index contributed by atoms with van der Waals surface area (Å²) in [5, 5.41) is 2.78. The van der Waals surface area contributed by atoms with Gasteiger partial charge in [-0.05, 0) is 25.3 Å². The Morgan fingerprint density at radius 1 is 1.50 bits per heavy atom. The zero-order valence-electron chi connectivity index (χ0n) is 12.7. The molecule has 1 aliphatic rings. The minimum atomic E-state index is -0.573. The molecule has 1 amide bonds. The minimum Gasteiger partial charge on any atom is -0.467 e. The summed E-state index contributed by atoms with van der Waals surface area (Å²) in [4.78, 5) is 25.8. The van der Waals surface area contributed by atoms with Crippen LogP contribution in [0.4, 0.5) is 0 Å². The Hall–Kier alpha value is -1.14. The summed E-state index contributed by atoms with van der Waals surface area (Å²) in [6.07, 6.45) is 2.82. The van der Waals surface area contributed by atoms with Gasteiger partial charge in [0.25, 0.3) is 0 Å². The van der Waals surface area contributed by atoms with Crippen molar-refractivity contribution in [1.82, 2.24) is 10.2 Å². The first-order chi connectivity index (χ1) is 9.47. The Bertz CT molecular complexity index is 336. The summed E-state index contributed by atoms with van der Waals surface area (Å²) in [7, 11) is 1.34. The highest BCUT2D eigenvalue weighted by molar-refractivity contribution is 5.85. The average molecular weight is 285 g/mol. The van der Waals surface area contributed by atoms with Crippen LogP contribution < -0.4 is 11.1 Å². The second kappa shape index (κ2) is 8.21. The molecule has 1 saturated heterocycles. The molecule has 0 aromatic carbocycles. The summed E-state index contributed by atoms with van der Waals surface area (Å²) in [6.45, 7) is 5.82. The molecule has 20 heavy (non-hydrogen) atoms. The summed E-state index contributed by atoms with van der Waals surface area (Å²) < 4.78 is 4.76. The molecule has 0 aromatic heterocycles. The first-order valence-electron chi connectivity index (χ1n) is 7.33. The first kappa shape index (κ1) is 16.9. The number of ether oxygens (including phenoxy) is 1. The molecule has 6 heteroatoms. The minimum absolute atomic E-state index is 0.0509. The van der Waals surface area contributed by atoms with Crippen molar-refractivity contribution in [2.24, 2.45) is 11.7 Å². The Labute approximate surface area is 121 Å². The third-order valence-electron chi connectivity index (χ3n) is 3.89. The Morgan fingerprint density at radius 3 is 2.75 bits per heavy atom. The lowest BCUT2D eigenvalue weighted by molar-refractivity contribution is -0.146. The number of hydrogen-bond donors (Lipinski definition) is 2. The van der Waals surface area contributed by atoms with E-state index in [9.17, 15) is 9.59 Å². The molecule has 0 bridgehead atoms. The number of rotatable bonds is 6. The van der Waals surface area contributed by atoms with Crippen molar-refractivity contribution in [3.05, 3.63) is 0 Å². The number of carbonyl (C=O) groups excluding carboxylic acids is 2. The number of esters is 1. The quantitative estimate of drug-likeness (QED) is 0.677. The number of carbonyl (C=O) groups is 2. The van der Waals surface area contributed by atoms with Gasteiger partial charge in [-0.1, -0.05) is 20.3 Å². The van der Waals surface area contributed by atoms with Crippen LogP contribution >= 0.6 is 0 Å². The molecule has 1 heterocycles. The van der Waals surface area contributed by atoms with Gasteiger partial charge in [0.05, 0.1) is 13.7 Å². The van der Waals surface area contributed by atoms with Crippen molar-refractivity contribution >= 4 is 11.9 Å². The molecule has 0 saturated carbocycles. The predicted molar refractivity (Wildman–Crippen MR) is 77.1 cm³/mol. The molecule has 0 aromatic rings. The van der Waals surface area contributed by atoms with Crippen LogP contribution in [0.3, 0.4) is 0 Å². The van der Waals surface area contributed by atoms with E-state index >= 15 is 0 Å². The summed E-state index contributed by atoms with van der Waals surface area (Å²) in [5.41, 5.74) is 5.89. The van der Waals surface area contributed by atoms with Crippen LogP contribution in [0.15, 0.2) is 0 Å². The molecule has 116 valence electrons. The van der Waals surface area contributed by atoms with Gasteiger partial charge in [0.1, 0.15) is 6.04 Å². The van der Waals surface area contributed by atoms with Crippen LogP contribution in [0, 0.1) is 5.92 Å². The Kier molecular flexibility index (Phi) is 6.95. The zero-order valence-corrected chi connectivity index (χ0v) is 12.7. The van der Waals surface area contributed by atoms with Crippen LogP contribution in [0.25, 0.3) is 0 Å². The highest BCUT2D eigenvalue weighted by Crippen LogP contribution is 2.10. The molecule has 0 radical (unpaired) electrons. The van der Waals surface area contributed by atoms with Crippen LogP contribution in [0.1, 0.15) is 33.1 Å². The second-order valence-electron chi connectivity index (χ2n) is 5.59. The number of nitrogens with two attached hydrogens (primary N) is 1. The summed E-state index contributed by atoms with van der Waals surface area (Å²) in [5.74, 6) is -0.479. The van der Waals surface area contributed by atoms with Crippen molar-refractivity contribution in [3.8, 4) is 0 Å². The highest BCUT2D eigenvalue weighted by atomic mass is 16.5. The topological polar surface area (TPSA) is 84.7 Å². The number of nitrogens with zero attached hydrogens (tertiary/aromatic N) is 1. The van der Waals surface area contributed by atoms with Gasteiger partial charge in [-0.2, -0.15) is 0 Å². The van der Waals surface area contributed by atoms with Crippen LogP contribution in [-0.4, -0.2) is 55.6 Å². The Balaban J connectivity index is 2.50. The van der Waals surface area contributed by atoms with Crippen molar-refractivity contribution in [3.63, 3.8) is 0 Å². The van der Waals surface area contributed by atoms with Gasteiger partial charge in [0, 0.05) is 12.6 Å². The molecule has 3 unspecified atom stereocenters. The lowest BCUT2D eigenvalue weighted by Crippen LogP contribution is -2.51. The molecule has 1 aliphatic heterocycles. The van der Waals surface area contributed by atoms with E-state index in [0.717, 1.165) is 32.4 Å². The van der Waals surface area contributed by atoms with Crippen molar-refractivity contribution in [1.29, 1.82) is 0 Å². The van der Waals surface area contributed by atoms with Crippen LogP contribution in [0.5, 0.6) is 0 Å². The van der Waals surface area contributed by atoms with Gasteiger partial charge in [-0.25, -0.2) is 4.79 Å². The third kappa shape index (κ3) is 5.09. The van der Waals surface area contributed by atoms with E-state index in [1.807, 2.05) is 18.7 Å². The van der Waals surface area contributed by atoms with Gasteiger partial charge in [0.2, 0.25) is 5.91 Å². The van der Waals surface area contributed by atoms with Crippen molar-refractivity contribution < 1.29 is 14.3 Å². The molecule has 1 fully saturated rings. The molecule has 6 nitrogen and oxygen atoms in total. The van der Waals surface area contributed by atoms with Gasteiger partial charge < -0.3 is 15.8 Å². The van der Waals surface area contributed by atoms with E-state index in [4.69, 9.17) is 10.5 Å². The largest absolute Gasteiger partial charge is 0.467 e. The number of piperidine rings is 1. The van der Waals surface area contributed by atoms with Gasteiger partial charge in [-0.3, -0.25) is 9.69 Å². The SMILES string of the molecule is CCC(C)C(NC(=O)CN1CCCC(N)C1)C(=O)OC. The second-order valence-corrected chi connectivity index (χ2v) is 5.59.